The van der Waals surface area contributed by atoms with Crippen LogP contribution >= 0.6 is 11.6 Å². The Kier molecular flexibility index (Phi) is 5.75. The number of carbonyl (C=O) groups is 2. The van der Waals surface area contributed by atoms with Gasteiger partial charge in [-0.05, 0) is 48.4 Å². The molecule has 0 radical (unpaired) electrons. The van der Waals surface area contributed by atoms with Crippen LogP contribution in [0.4, 0.5) is 0 Å². The number of aromatic nitrogens is 1. The molecule has 0 unspecified atom stereocenters. The molecule has 2 aromatic carbocycles. The van der Waals surface area contributed by atoms with E-state index in [1.807, 2.05) is 65.2 Å². The molecule has 5 rings (SSSR count). The maximum absolute atomic E-state index is 13.8. The van der Waals surface area contributed by atoms with Gasteiger partial charge in [0.15, 0.2) is 0 Å². The maximum atomic E-state index is 13.8. The molecule has 1 aliphatic heterocycles. The van der Waals surface area contributed by atoms with E-state index in [4.69, 9.17) is 16.0 Å². The van der Waals surface area contributed by atoms with Gasteiger partial charge in [-0.3, -0.25) is 9.59 Å². The van der Waals surface area contributed by atoms with E-state index in [-0.39, 0.29) is 24.9 Å². The van der Waals surface area contributed by atoms with Crippen molar-refractivity contribution in [2.75, 3.05) is 0 Å². The van der Waals surface area contributed by atoms with Crippen molar-refractivity contribution in [1.29, 1.82) is 0 Å². The molecule has 1 N–H and O–H groups in total. The molecule has 0 saturated carbocycles. The van der Waals surface area contributed by atoms with Gasteiger partial charge in [0.1, 0.15) is 17.0 Å². The number of nitrogens with one attached hydrogen (secondary N) is 1. The van der Waals surface area contributed by atoms with Crippen molar-refractivity contribution in [1.82, 2.24) is 14.8 Å². The van der Waals surface area contributed by atoms with Crippen LogP contribution in [0.2, 0.25) is 5.02 Å². The van der Waals surface area contributed by atoms with E-state index in [0.717, 1.165) is 16.8 Å². The summed E-state index contributed by atoms with van der Waals surface area (Å²) < 4.78 is 7.46. The fraction of sp³-hybridized carbons (Fsp3) is 0.185. The average Bonchev–Trinajstić information content (AvgIpc) is 3.52. The molecule has 0 saturated heterocycles. The first kappa shape index (κ1) is 22.0. The summed E-state index contributed by atoms with van der Waals surface area (Å²) in [5.41, 5.74) is 1.88. The molecule has 1 atom stereocenters. The zero-order chi connectivity index (χ0) is 23.7. The minimum atomic E-state index is -1.15. The second kappa shape index (κ2) is 8.88. The highest BCUT2D eigenvalue weighted by atomic mass is 35.5. The first-order valence-electron chi connectivity index (χ1n) is 11.1. The summed E-state index contributed by atoms with van der Waals surface area (Å²) in [7, 11) is 0. The number of benzene rings is 2. The van der Waals surface area contributed by atoms with E-state index in [0.29, 0.717) is 23.0 Å². The number of rotatable bonds is 6. The van der Waals surface area contributed by atoms with Crippen LogP contribution in [0.3, 0.4) is 0 Å². The molecule has 6 nitrogen and oxygen atoms in total. The van der Waals surface area contributed by atoms with Crippen LogP contribution in [0.25, 0.3) is 11.5 Å². The minimum absolute atomic E-state index is 0.217. The highest BCUT2D eigenvalue weighted by molar-refractivity contribution is 6.31. The molecule has 3 heterocycles. The van der Waals surface area contributed by atoms with Crippen LogP contribution in [0.5, 0.6) is 0 Å². The zero-order valence-electron chi connectivity index (χ0n) is 18.7. The number of hydrogen-bond donors (Lipinski definition) is 1. The smallest absolute Gasteiger partial charge is 0.271 e. The Morgan fingerprint density at radius 2 is 1.74 bits per heavy atom. The molecule has 0 spiro atoms. The minimum Gasteiger partial charge on any atom is -0.463 e. The van der Waals surface area contributed by atoms with Crippen molar-refractivity contribution in [3.8, 4) is 11.5 Å². The second-order valence-corrected chi connectivity index (χ2v) is 9.00. The molecule has 2 amide bonds. The van der Waals surface area contributed by atoms with Crippen LogP contribution in [-0.4, -0.2) is 26.8 Å². The van der Waals surface area contributed by atoms with Gasteiger partial charge >= 0.3 is 0 Å². The third-order valence-electron chi connectivity index (χ3n) is 6.35. The Morgan fingerprint density at radius 1 is 1.00 bits per heavy atom. The summed E-state index contributed by atoms with van der Waals surface area (Å²) in [6.45, 7) is 2.67. The van der Waals surface area contributed by atoms with E-state index < -0.39 is 5.54 Å². The highest BCUT2D eigenvalue weighted by Crippen LogP contribution is 2.35. The summed E-state index contributed by atoms with van der Waals surface area (Å²) in [6, 6.07) is 24.4. The van der Waals surface area contributed by atoms with Crippen LogP contribution in [0.15, 0.2) is 89.5 Å². The van der Waals surface area contributed by atoms with E-state index in [9.17, 15) is 9.59 Å². The van der Waals surface area contributed by atoms with Crippen LogP contribution in [0.1, 0.15) is 28.5 Å². The highest BCUT2D eigenvalue weighted by Gasteiger charge is 2.48. The SMILES string of the molecule is C[C@]1(C(=O)NCc2ccccc2)Cn2c(ccc2-c2ccco2)C(=O)N1Cc1ccccc1Cl. The van der Waals surface area contributed by atoms with Crippen molar-refractivity contribution in [2.45, 2.75) is 32.1 Å². The number of hydrogen-bond acceptors (Lipinski definition) is 3. The maximum Gasteiger partial charge on any atom is 0.271 e. The Hall–Kier alpha value is -3.77. The largest absolute Gasteiger partial charge is 0.463 e. The third kappa shape index (κ3) is 3.90. The van der Waals surface area contributed by atoms with Crippen molar-refractivity contribution < 1.29 is 14.0 Å². The molecule has 172 valence electrons. The Bertz CT molecular complexity index is 1330. The molecule has 7 heteroatoms. The van der Waals surface area contributed by atoms with Gasteiger partial charge in [0, 0.05) is 18.1 Å². The predicted molar refractivity (Wildman–Crippen MR) is 130 cm³/mol. The first-order valence-corrected chi connectivity index (χ1v) is 11.5. The normalized spacial score (nSPS) is 17.5. The number of nitrogens with zero attached hydrogens (tertiary/aromatic N) is 2. The van der Waals surface area contributed by atoms with Crippen LogP contribution < -0.4 is 5.32 Å². The van der Waals surface area contributed by atoms with Gasteiger partial charge in [-0.25, -0.2) is 0 Å². The number of furan rings is 1. The summed E-state index contributed by atoms with van der Waals surface area (Å²) in [5.74, 6) is 0.175. The van der Waals surface area contributed by atoms with Crippen molar-refractivity contribution >= 4 is 23.4 Å². The molecule has 0 bridgehead atoms. The van der Waals surface area contributed by atoms with E-state index in [1.54, 1.807) is 36.3 Å². The van der Waals surface area contributed by atoms with Gasteiger partial charge in [0.05, 0.1) is 18.5 Å². The van der Waals surface area contributed by atoms with Crippen molar-refractivity contribution in [2.24, 2.45) is 0 Å². The Morgan fingerprint density at radius 3 is 2.47 bits per heavy atom. The molecule has 0 aliphatic carbocycles. The molecular formula is C27H24ClN3O3. The van der Waals surface area contributed by atoms with Gasteiger partial charge in [0.25, 0.3) is 5.91 Å². The lowest BCUT2D eigenvalue weighted by atomic mass is 9.93. The van der Waals surface area contributed by atoms with Gasteiger partial charge < -0.3 is 19.2 Å². The summed E-state index contributed by atoms with van der Waals surface area (Å²) in [5, 5.41) is 3.59. The van der Waals surface area contributed by atoms with E-state index in [1.165, 1.54) is 0 Å². The van der Waals surface area contributed by atoms with Gasteiger partial charge in [-0.1, -0.05) is 60.1 Å². The lowest BCUT2D eigenvalue weighted by Crippen LogP contribution is -2.63. The monoisotopic (exact) mass is 473 g/mol. The standard InChI is InChI=1S/C27H24ClN3O3/c1-27(26(33)29-16-19-8-3-2-4-9-19)18-30-22(24-12-7-15-34-24)13-14-23(30)25(32)31(27)17-20-10-5-6-11-21(20)28/h2-15H,16-18H2,1H3,(H,29,33)/t27-/m1/s1. The van der Waals surface area contributed by atoms with Crippen molar-refractivity contribution in [3.05, 3.63) is 107 Å². The topological polar surface area (TPSA) is 67.5 Å². The van der Waals surface area contributed by atoms with Crippen LogP contribution in [0, 0.1) is 0 Å². The number of halogens is 1. The van der Waals surface area contributed by atoms with Gasteiger partial charge in [-0.15, -0.1) is 0 Å². The number of amides is 2. The quantitative estimate of drug-likeness (QED) is 0.422. The Labute approximate surface area is 202 Å². The lowest BCUT2D eigenvalue weighted by Gasteiger charge is -2.44. The molecule has 4 aromatic rings. The number of fused-ring (bicyclic) bond motifs is 1. The van der Waals surface area contributed by atoms with Crippen LogP contribution in [-0.2, 0) is 24.4 Å². The first-order chi connectivity index (χ1) is 16.5. The fourth-order valence-electron chi connectivity index (χ4n) is 4.43. The molecular weight excluding hydrogens is 450 g/mol. The summed E-state index contributed by atoms with van der Waals surface area (Å²) in [4.78, 5) is 29.1. The summed E-state index contributed by atoms with van der Waals surface area (Å²) in [6.07, 6.45) is 1.59. The van der Waals surface area contributed by atoms with Crippen molar-refractivity contribution in [3.63, 3.8) is 0 Å². The third-order valence-corrected chi connectivity index (χ3v) is 6.72. The van der Waals surface area contributed by atoms with E-state index in [2.05, 4.69) is 5.32 Å². The average molecular weight is 474 g/mol. The van der Waals surface area contributed by atoms with Gasteiger partial charge in [0.2, 0.25) is 5.91 Å². The zero-order valence-corrected chi connectivity index (χ0v) is 19.5. The predicted octanol–water partition coefficient (Wildman–Crippen LogP) is 5.13. The second-order valence-electron chi connectivity index (χ2n) is 8.59. The molecule has 1 aliphatic rings. The summed E-state index contributed by atoms with van der Waals surface area (Å²) >= 11 is 6.42. The van der Waals surface area contributed by atoms with Gasteiger partial charge in [-0.2, -0.15) is 0 Å². The lowest BCUT2D eigenvalue weighted by molar-refractivity contribution is -0.133. The molecule has 0 fully saturated rings. The molecule has 34 heavy (non-hydrogen) atoms. The Balaban J connectivity index is 1.53. The number of carbonyl (C=O) groups excluding carboxylic acids is 2. The van der Waals surface area contributed by atoms with E-state index >= 15 is 0 Å². The fourth-order valence-corrected chi connectivity index (χ4v) is 4.62. The molecule has 2 aromatic heterocycles.